The second kappa shape index (κ2) is 32.3. The number of nitrogens with two attached hydrogens (primary N) is 1. The van der Waals surface area contributed by atoms with Crippen LogP contribution < -0.4 is 15.8 Å². The molecular formula is C32H49N2O10+. The van der Waals surface area contributed by atoms with E-state index in [9.17, 15) is 14.4 Å². The Bertz CT molecular complexity index is 1250. The Hall–Kier alpha value is -5.24. The number of benzene rings is 2. The number of carbonyl (C=O) groups excluding carboxylic acids is 6. The number of anilines is 2. The van der Waals surface area contributed by atoms with Crippen molar-refractivity contribution in [2.24, 2.45) is 0 Å². The van der Waals surface area contributed by atoms with E-state index in [2.05, 4.69) is 21.6 Å². The van der Waals surface area contributed by atoms with Gasteiger partial charge in [0.05, 0.1) is 26.9 Å². The monoisotopic (exact) mass is 621 g/mol. The second-order valence-electron chi connectivity index (χ2n) is 7.10. The van der Waals surface area contributed by atoms with Gasteiger partial charge in [-0.05, 0) is 44.9 Å². The maximum absolute atomic E-state index is 11.1. The minimum atomic E-state index is -0.690. The fourth-order valence-corrected chi connectivity index (χ4v) is 2.43. The smallest absolute Gasteiger partial charge is 0.384 e. The van der Waals surface area contributed by atoms with Gasteiger partial charge in [0.1, 0.15) is 5.75 Å². The van der Waals surface area contributed by atoms with Gasteiger partial charge < -0.3 is 30.4 Å². The van der Waals surface area contributed by atoms with Crippen LogP contribution in [0.5, 0.6) is 11.5 Å². The molecule has 0 spiro atoms. The van der Waals surface area contributed by atoms with Crippen LogP contribution in [-0.4, -0.2) is 64.2 Å². The molecule has 2 aromatic carbocycles. The lowest BCUT2D eigenvalue weighted by atomic mass is 10.1. The van der Waals surface area contributed by atoms with Crippen LogP contribution in [0, 0.1) is 25.7 Å². The molecule has 0 aliphatic rings. The summed E-state index contributed by atoms with van der Waals surface area (Å²) >= 11 is 0. The largest absolute Gasteiger partial charge is 0.496 e. The number of carbonyl (C=O) groups is 3. The molecular weight excluding hydrogens is 572 g/mol. The third-order valence-electron chi connectivity index (χ3n) is 4.38. The summed E-state index contributed by atoms with van der Waals surface area (Å²) in [5, 5.41) is 10.1. The Labute approximate surface area is 261 Å². The number of aliphatic hydroxyl groups excluding tert-OH is 1. The first-order valence-electron chi connectivity index (χ1n) is 11.4. The maximum Gasteiger partial charge on any atom is 0.384 e. The van der Waals surface area contributed by atoms with Gasteiger partial charge in [-0.15, -0.1) is 0 Å². The van der Waals surface area contributed by atoms with Crippen LogP contribution in [0.1, 0.15) is 47.3 Å². The highest BCUT2D eigenvalue weighted by Gasteiger charge is 2.07. The average molecular weight is 622 g/mol. The second-order valence-corrected chi connectivity index (χ2v) is 7.10. The summed E-state index contributed by atoms with van der Waals surface area (Å²) < 4.78 is 18.7. The van der Waals surface area contributed by atoms with Crippen LogP contribution in [0.15, 0.2) is 48.2 Å². The topological polar surface area (TPSA) is 183 Å². The number of esters is 2. The summed E-state index contributed by atoms with van der Waals surface area (Å²) in [4.78, 5) is 47.6. The molecule has 12 heteroatoms. The third-order valence-corrected chi connectivity index (χ3v) is 4.38. The highest BCUT2D eigenvalue weighted by molar-refractivity contribution is 6.00. The van der Waals surface area contributed by atoms with E-state index in [0.29, 0.717) is 5.70 Å². The van der Waals surface area contributed by atoms with Crippen molar-refractivity contribution in [3.63, 3.8) is 0 Å². The Balaban J connectivity index is -0.000000116. The molecule has 4 N–H and O–H groups in total. The van der Waals surface area contributed by atoms with Crippen LogP contribution in [0.4, 0.5) is 11.4 Å². The van der Waals surface area contributed by atoms with Crippen LogP contribution in [-0.2, 0) is 37.9 Å². The summed E-state index contributed by atoms with van der Waals surface area (Å²) in [6.07, 6.45) is 1.65. The zero-order valence-corrected chi connectivity index (χ0v) is 24.4. The third kappa shape index (κ3) is 24.5. The molecule has 0 unspecified atom stereocenters. The van der Waals surface area contributed by atoms with Crippen molar-refractivity contribution in [2.75, 3.05) is 39.5 Å². The Morgan fingerprint density at radius 3 is 1.84 bits per heavy atom. The molecule has 2 aromatic rings. The number of nitrogens with one attached hydrogen (secondary N) is 1. The van der Waals surface area contributed by atoms with Gasteiger partial charge in [-0.1, -0.05) is 34.4 Å². The predicted molar refractivity (Wildman–Crippen MR) is 173 cm³/mol. The highest BCUT2D eigenvalue weighted by Crippen LogP contribution is 2.26. The molecule has 0 radical (unpaired) electrons. The first-order chi connectivity index (χ1) is 19.4. The summed E-state index contributed by atoms with van der Waals surface area (Å²) in [5.74, 6) is 4.13. The molecule has 2 rings (SSSR count). The lowest BCUT2D eigenvalue weighted by molar-refractivity contribution is -0.355. The fourth-order valence-electron chi connectivity index (χ4n) is 2.43. The summed E-state index contributed by atoms with van der Waals surface area (Å²) in [5.41, 5.74) is 9.88. The summed E-state index contributed by atoms with van der Waals surface area (Å²) in [7, 11) is 5.18. The molecule has 0 bridgehead atoms. The minimum absolute atomic E-state index is 0. The molecule has 0 aliphatic heterocycles. The van der Waals surface area contributed by atoms with Crippen LogP contribution in [0.3, 0.4) is 0 Å². The van der Waals surface area contributed by atoms with Gasteiger partial charge in [0.15, 0.2) is 0 Å². The van der Waals surface area contributed by atoms with Crippen molar-refractivity contribution < 1.29 is 47.7 Å². The zero-order valence-electron chi connectivity index (χ0n) is 24.4. The van der Waals surface area contributed by atoms with Crippen LogP contribution >= 0.6 is 0 Å². The number of ether oxygens (including phenoxy) is 3. The van der Waals surface area contributed by atoms with E-state index < -0.39 is 5.97 Å². The van der Waals surface area contributed by atoms with Crippen molar-refractivity contribution in [3.8, 4) is 23.3 Å². The number of ketones is 1. The van der Waals surface area contributed by atoms with Crippen molar-refractivity contribution in [2.45, 2.75) is 50.0 Å². The van der Waals surface area contributed by atoms with E-state index in [1.807, 2.05) is 62.1 Å². The molecule has 0 aliphatic carbocycles. The molecule has 0 fully saturated rings. The van der Waals surface area contributed by atoms with Gasteiger partial charge >= 0.3 is 23.8 Å². The number of nitrogen functional groups attached to an aromatic ring is 1. The number of hydrogen-bond donors (Lipinski definition) is 3. The Morgan fingerprint density at radius 1 is 0.909 bits per heavy atom. The maximum atomic E-state index is 11.1. The number of aliphatic hydroxyl groups is 1. The van der Waals surface area contributed by atoms with Crippen molar-refractivity contribution in [1.82, 2.24) is 0 Å². The number of rotatable bonds is 5. The zero-order chi connectivity index (χ0) is 32.4. The van der Waals surface area contributed by atoms with E-state index in [0.717, 1.165) is 41.1 Å². The summed E-state index contributed by atoms with van der Waals surface area (Å²) in [6, 6.07) is 11.2. The minimum Gasteiger partial charge on any atom is -0.496 e. The first-order valence-corrected chi connectivity index (χ1v) is 11.4. The van der Waals surface area contributed by atoms with E-state index in [1.54, 1.807) is 14.0 Å². The number of hydrogen-bond acceptors (Lipinski definition) is 11. The van der Waals surface area contributed by atoms with E-state index in [4.69, 9.17) is 29.6 Å². The van der Waals surface area contributed by atoms with Gasteiger partial charge in [-0.3, -0.25) is 4.79 Å². The van der Waals surface area contributed by atoms with Crippen molar-refractivity contribution in [3.05, 3.63) is 59.3 Å². The standard InChI is InChI=1S/C13H17NO3.C8H10NO.C6H6O3.CO2.CH4O.3CH4/c1-9(8-13(15)17-4)14-11-6-5-7-12(16-3)10(11)2;1-6-7(9)4-3-5-8(6)10-2;1-5(7)3-4-6(8)9-2;2-1-3;1-2;;;/h5-8,14H,1-4H3;3-5H,2,9H2,1H3;1-2H3;;2H,1H3;3*1H4/q;+1;;;;;;/b9-8+;;;;;;;. The summed E-state index contributed by atoms with van der Waals surface area (Å²) in [6.45, 7) is 10.2. The first kappa shape index (κ1) is 51.5. The van der Waals surface area contributed by atoms with Crippen LogP contribution in [0.2, 0.25) is 0 Å². The van der Waals surface area contributed by atoms with Crippen molar-refractivity contribution >= 4 is 42.0 Å². The van der Waals surface area contributed by atoms with E-state index in [-0.39, 0.29) is 40.2 Å². The Kier molecular flexibility index (Phi) is 37.8. The van der Waals surface area contributed by atoms with Gasteiger partial charge in [-0.25, -0.2) is 14.0 Å². The highest BCUT2D eigenvalue weighted by atomic mass is 16.5. The van der Waals surface area contributed by atoms with E-state index >= 15 is 0 Å². The molecule has 0 aromatic heterocycles. The predicted octanol–water partition coefficient (Wildman–Crippen LogP) is 4.83. The average Bonchev–Trinajstić information content (AvgIpc) is 2.96. The molecule has 44 heavy (non-hydrogen) atoms. The molecule has 246 valence electrons. The normalized spacial score (nSPS) is 8.07. The lowest BCUT2D eigenvalue weighted by Crippen LogP contribution is -2.03. The molecule has 0 saturated heterocycles. The molecule has 0 saturated carbocycles. The van der Waals surface area contributed by atoms with Gasteiger partial charge in [0.2, 0.25) is 5.78 Å². The SMILES string of the molecule is C.C.C.C=[O+]c1cccc(N)c1C.CO.COC(=O)/C=C(\C)Nc1cccc(OC)c1C.COC(=O)C#CC(C)=O.O=C=O. The number of allylic oxidation sites excluding steroid dienone is 1. The molecule has 0 atom stereocenters. The quantitative estimate of drug-likeness (QED) is 0.0790. The van der Waals surface area contributed by atoms with Gasteiger partial charge in [-0.2, -0.15) is 9.59 Å². The van der Waals surface area contributed by atoms with Gasteiger partial charge in [0.25, 0.3) is 6.79 Å². The molecule has 0 heterocycles. The number of Topliss-reactive ketones (excluding diaryl/α,β-unsaturated/α-hetero) is 1. The Morgan fingerprint density at radius 2 is 1.43 bits per heavy atom. The van der Waals surface area contributed by atoms with Crippen LogP contribution in [0.25, 0.3) is 0 Å². The molecule has 12 nitrogen and oxygen atoms in total. The molecule has 0 amide bonds. The number of methoxy groups -OCH3 is 3. The van der Waals surface area contributed by atoms with Gasteiger partial charge in [0, 0.05) is 54.7 Å². The fraction of sp³-hybridized carbons (Fsp3) is 0.344. The van der Waals surface area contributed by atoms with Crippen molar-refractivity contribution in [1.29, 1.82) is 0 Å². The van der Waals surface area contributed by atoms with E-state index in [1.165, 1.54) is 27.2 Å². The lowest BCUT2D eigenvalue weighted by Gasteiger charge is -2.12.